The van der Waals surface area contributed by atoms with Crippen LogP contribution in [0, 0.1) is 6.92 Å². The number of anilines is 1. The summed E-state index contributed by atoms with van der Waals surface area (Å²) in [5, 5.41) is 0. The Kier molecular flexibility index (Phi) is 5.45. The van der Waals surface area contributed by atoms with E-state index in [1.165, 1.54) is 16.8 Å². The van der Waals surface area contributed by atoms with Crippen LogP contribution in [0.25, 0.3) is 0 Å². The van der Waals surface area contributed by atoms with Crippen LogP contribution in [-0.4, -0.2) is 38.9 Å². The van der Waals surface area contributed by atoms with Crippen molar-refractivity contribution in [3.63, 3.8) is 0 Å². The van der Waals surface area contributed by atoms with Crippen LogP contribution < -0.4 is 4.90 Å². The summed E-state index contributed by atoms with van der Waals surface area (Å²) in [7, 11) is -3.40. The minimum absolute atomic E-state index is 0.399. The number of aryl methyl sites for hydroxylation is 2. The summed E-state index contributed by atoms with van der Waals surface area (Å²) in [5.41, 5.74) is 3.58. The van der Waals surface area contributed by atoms with Crippen molar-refractivity contribution < 1.29 is 8.42 Å². The van der Waals surface area contributed by atoms with Crippen molar-refractivity contribution in [3.05, 3.63) is 59.7 Å². The molecule has 0 spiro atoms. The predicted molar refractivity (Wildman–Crippen MR) is 103 cm³/mol. The lowest BCUT2D eigenvalue weighted by molar-refractivity contribution is 0.385. The lowest BCUT2D eigenvalue weighted by atomic mass is 10.1. The molecule has 0 atom stereocenters. The molecular weight excluding hydrogens is 332 g/mol. The van der Waals surface area contributed by atoms with E-state index in [1.807, 2.05) is 18.2 Å². The highest BCUT2D eigenvalue weighted by Crippen LogP contribution is 2.22. The molecule has 0 saturated carbocycles. The Bertz CT molecular complexity index is 808. The summed E-state index contributed by atoms with van der Waals surface area (Å²) in [6.07, 6.45) is 2.04. The first kappa shape index (κ1) is 18.0. The summed E-state index contributed by atoms with van der Waals surface area (Å²) in [4.78, 5) is 2.65. The molecule has 1 heterocycles. The molecule has 1 fully saturated rings. The van der Waals surface area contributed by atoms with Crippen molar-refractivity contribution in [1.82, 2.24) is 4.31 Å². The molecular formula is C20H26N2O2S. The van der Waals surface area contributed by atoms with Gasteiger partial charge in [0.1, 0.15) is 0 Å². The van der Waals surface area contributed by atoms with Gasteiger partial charge in [-0.1, -0.05) is 37.6 Å². The zero-order chi connectivity index (χ0) is 17.9. The summed E-state index contributed by atoms with van der Waals surface area (Å²) < 4.78 is 27.3. The Morgan fingerprint density at radius 3 is 2.24 bits per heavy atom. The number of benzene rings is 2. The van der Waals surface area contributed by atoms with Crippen molar-refractivity contribution in [2.45, 2.75) is 31.6 Å². The highest BCUT2D eigenvalue weighted by Gasteiger charge is 2.28. The second-order valence-electron chi connectivity index (χ2n) is 6.62. The number of sulfonamides is 1. The van der Waals surface area contributed by atoms with Gasteiger partial charge in [-0.3, -0.25) is 0 Å². The molecule has 2 aromatic carbocycles. The molecule has 0 N–H and O–H groups in total. The van der Waals surface area contributed by atoms with Crippen molar-refractivity contribution in [1.29, 1.82) is 0 Å². The highest BCUT2D eigenvalue weighted by molar-refractivity contribution is 7.89. The molecule has 0 aromatic heterocycles. The number of nitrogens with zero attached hydrogens (tertiary/aromatic N) is 2. The van der Waals surface area contributed by atoms with E-state index in [0.29, 0.717) is 18.0 Å². The average Bonchev–Trinajstić information content (AvgIpc) is 2.63. The van der Waals surface area contributed by atoms with E-state index < -0.39 is 10.0 Å². The molecule has 0 unspecified atom stereocenters. The van der Waals surface area contributed by atoms with Gasteiger partial charge in [-0.25, -0.2) is 8.42 Å². The predicted octanol–water partition coefficient (Wildman–Crippen LogP) is 3.46. The van der Waals surface area contributed by atoms with E-state index in [1.54, 1.807) is 16.4 Å². The van der Waals surface area contributed by atoms with E-state index in [9.17, 15) is 8.42 Å². The second-order valence-corrected chi connectivity index (χ2v) is 8.56. The van der Waals surface area contributed by atoms with E-state index >= 15 is 0 Å². The fourth-order valence-corrected chi connectivity index (χ4v) is 4.70. The van der Waals surface area contributed by atoms with Crippen molar-refractivity contribution in [2.75, 3.05) is 31.1 Å². The van der Waals surface area contributed by atoms with E-state index in [4.69, 9.17) is 0 Å². The number of hydrogen-bond donors (Lipinski definition) is 0. The normalized spacial score (nSPS) is 16.2. The van der Waals surface area contributed by atoms with Crippen LogP contribution in [0.4, 0.5) is 5.69 Å². The molecule has 3 rings (SSSR count). The fraction of sp³-hybridized carbons (Fsp3) is 0.400. The van der Waals surface area contributed by atoms with Crippen molar-refractivity contribution in [2.24, 2.45) is 0 Å². The largest absolute Gasteiger partial charge is 0.369 e. The lowest BCUT2D eigenvalue weighted by Gasteiger charge is -2.35. The lowest BCUT2D eigenvalue weighted by Crippen LogP contribution is -2.48. The third-order valence-corrected chi connectivity index (χ3v) is 6.62. The quantitative estimate of drug-likeness (QED) is 0.822. The molecule has 0 bridgehead atoms. The zero-order valence-electron chi connectivity index (χ0n) is 15.0. The van der Waals surface area contributed by atoms with Crippen LogP contribution in [-0.2, 0) is 16.4 Å². The summed E-state index contributed by atoms with van der Waals surface area (Å²) in [6, 6.07) is 15.7. The van der Waals surface area contributed by atoms with E-state index in [-0.39, 0.29) is 0 Å². The van der Waals surface area contributed by atoms with Gasteiger partial charge in [-0.05, 0) is 48.7 Å². The summed E-state index contributed by atoms with van der Waals surface area (Å²) in [6.45, 7) is 6.68. The molecule has 1 saturated heterocycles. The maximum atomic E-state index is 12.9. The number of hydrogen-bond acceptors (Lipinski definition) is 3. The molecule has 0 aliphatic carbocycles. The maximum Gasteiger partial charge on any atom is 0.243 e. The van der Waals surface area contributed by atoms with Crippen LogP contribution in [0.2, 0.25) is 0 Å². The molecule has 4 nitrogen and oxygen atoms in total. The fourth-order valence-electron chi connectivity index (χ4n) is 3.28. The van der Waals surface area contributed by atoms with Gasteiger partial charge in [0.15, 0.2) is 0 Å². The van der Waals surface area contributed by atoms with Gasteiger partial charge in [0, 0.05) is 31.9 Å². The maximum absolute atomic E-state index is 12.9. The van der Waals surface area contributed by atoms with Gasteiger partial charge in [0.2, 0.25) is 10.0 Å². The number of rotatable bonds is 5. The van der Waals surface area contributed by atoms with Crippen LogP contribution in [0.5, 0.6) is 0 Å². The SMILES string of the molecule is CCCc1ccc(S(=O)(=O)N2CCN(c3cccc(C)c3)CC2)cc1. The standard InChI is InChI=1S/C20H26N2O2S/c1-3-5-18-8-10-20(11-9-18)25(23,24)22-14-12-21(13-15-22)19-7-4-6-17(2)16-19/h4,6-11,16H,3,5,12-15H2,1-2H3. The van der Waals surface area contributed by atoms with Gasteiger partial charge >= 0.3 is 0 Å². The minimum Gasteiger partial charge on any atom is -0.369 e. The third-order valence-electron chi connectivity index (χ3n) is 4.71. The van der Waals surface area contributed by atoms with Gasteiger partial charge in [-0.2, -0.15) is 4.31 Å². The zero-order valence-corrected chi connectivity index (χ0v) is 15.8. The summed E-state index contributed by atoms with van der Waals surface area (Å²) in [5.74, 6) is 0. The topological polar surface area (TPSA) is 40.6 Å². The first-order valence-electron chi connectivity index (χ1n) is 8.91. The Morgan fingerprint density at radius 1 is 0.960 bits per heavy atom. The van der Waals surface area contributed by atoms with Crippen LogP contribution in [0.1, 0.15) is 24.5 Å². The van der Waals surface area contributed by atoms with Crippen molar-refractivity contribution in [3.8, 4) is 0 Å². The van der Waals surface area contributed by atoms with Gasteiger partial charge in [-0.15, -0.1) is 0 Å². The van der Waals surface area contributed by atoms with Gasteiger partial charge in [0.25, 0.3) is 0 Å². The Hall–Kier alpha value is -1.85. The molecule has 1 aliphatic heterocycles. The molecule has 1 aliphatic rings. The molecule has 134 valence electrons. The first-order valence-corrected chi connectivity index (χ1v) is 10.4. The van der Waals surface area contributed by atoms with E-state index in [2.05, 4.69) is 36.9 Å². The average molecular weight is 359 g/mol. The van der Waals surface area contributed by atoms with Crippen LogP contribution in [0.15, 0.2) is 53.4 Å². The van der Waals surface area contributed by atoms with E-state index in [0.717, 1.165) is 25.9 Å². The Balaban J connectivity index is 1.68. The van der Waals surface area contributed by atoms with Crippen LogP contribution in [0.3, 0.4) is 0 Å². The number of piperazine rings is 1. The van der Waals surface area contributed by atoms with Crippen LogP contribution >= 0.6 is 0 Å². The van der Waals surface area contributed by atoms with Crippen molar-refractivity contribution >= 4 is 15.7 Å². The molecule has 25 heavy (non-hydrogen) atoms. The third kappa shape index (κ3) is 4.05. The Morgan fingerprint density at radius 2 is 1.64 bits per heavy atom. The smallest absolute Gasteiger partial charge is 0.243 e. The molecule has 0 radical (unpaired) electrons. The minimum atomic E-state index is -3.40. The monoisotopic (exact) mass is 358 g/mol. The second kappa shape index (κ2) is 7.58. The Labute approximate surface area is 151 Å². The first-order chi connectivity index (χ1) is 12.0. The van der Waals surface area contributed by atoms with Gasteiger partial charge < -0.3 is 4.90 Å². The summed E-state index contributed by atoms with van der Waals surface area (Å²) >= 11 is 0. The van der Waals surface area contributed by atoms with Gasteiger partial charge in [0.05, 0.1) is 4.90 Å². The molecule has 0 amide bonds. The molecule has 5 heteroatoms. The molecule has 2 aromatic rings. The highest BCUT2D eigenvalue weighted by atomic mass is 32.2.